The SMILES string of the molecule is CON(C(C)=O)c1ccc2ccccc2c1. The summed E-state index contributed by atoms with van der Waals surface area (Å²) in [7, 11) is 1.48. The van der Waals surface area contributed by atoms with Crippen molar-refractivity contribution in [3.63, 3.8) is 0 Å². The molecule has 2 rings (SSSR count). The number of carbonyl (C=O) groups excluding carboxylic acids is 1. The Morgan fingerprint density at radius 2 is 1.81 bits per heavy atom. The molecule has 0 fully saturated rings. The fourth-order valence-corrected chi connectivity index (χ4v) is 1.72. The van der Waals surface area contributed by atoms with Gasteiger partial charge in [0, 0.05) is 6.92 Å². The molecule has 0 radical (unpaired) electrons. The van der Waals surface area contributed by atoms with Gasteiger partial charge >= 0.3 is 0 Å². The Balaban J connectivity index is 2.49. The summed E-state index contributed by atoms with van der Waals surface area (Å²) in [6, 6.07) is 13.8. The largest absolute Gasteiger partial charge is 0.273 e. The van der Waals surface area contributed by atoms with Gasteiger partial charge in [0.15, 0.2) is 0 Å². The van der Waals surface area contributed by atoms with Crippen molar-refractivity contribution in [2.24, 2.45) is 0 Å². The Hall–Kier alpha value is -1.87. The fraction of sp³-hybridized carbons (Fsp3) is 0.154. The smallest absolute Gasteiger partial charge is 0.247 e. The Bertz CT molecular complexity index is 522. The van der Waals surface area contributed by atoms with Crippen LogP contribution in [0.5, 0.6) is 0 Å². The van der Waals surface area contributed by atoms with Crippen LogP contribution in [0.3, 0.4) is 0 Å². The molecule has 0 bridgehead atoms. The first kappa shape index (κ1) is 10.6. The highest BCUT2D eigenvalue weighted by Crippen LogP contribution is 2.22. The summed E-state index contributed by atoms with van der Waals surface area (Å²) in [5.41, 5.74) is 0.744. The van der Waals surface area contributed by atoms with Gasteiger partial charge in [-0.05, 0) is 22.9 Å². The van der Waals surface area contributed by atoms with Crippen LogP contribution in [0.1, 0.15) is 6.92 Å². The highest BCUT2D eigenvalue weighted by atomic mass is 16.7. The van der Waals surface area contributed by atoms with E-state index in [2.05, 4.69) is 0 Å². The molecule has 0 unspecified atom stereocenters. The summed E-state index contributed by atoms with van der Waals surface area (Å²) < 4.78 is 0. The van der Waals surface area contributed by atoms with Gasteiger partial charge in [-0.3, -0.25) is 9.63 Å². The number of hydrogen-bond donors (Lipinski definition) is 0. The lowest BCUT2D eigenvalue weighted by Gasteiger charge is -2.17. The Morgan fingerprint density at radius 1 is 1.12 bits per heavy atom. The van der Waals surface area contributed by atoms with Gasteiger partial charge < -0.3 is 0 Å². The van der Waals surface area contributed by atoms with Crippen molar-refractivity contribution in [1.29, 1.82) is 0 Å². The first-order chi connectivity index (χ1) is 7.72. The number of nitrogens with zero attached hydrogens (tertiary/aromatic N) is 1. The summed E-state index contributed by atoms with van der Waals surface area (Å²) in [4.78, 5) is 16.3. The predicted molar refractivity (Wildman–Crippen MR) is 64.1 cm³/mol. The first-order valence-electron chi connectivity index (χ1n) is 5.06. The van der Waals surface area contributed by atoms with Crippen molar-refractivity contribution in [1.82, 2.24) is 0 Å². The van der Waals surface area contributed by atoms with E-state index in [9.17, 15) is 4.79 Å². The van der Waals surface area contributed by atoms with Crippen LogP contribution in [-0.4, -0.2) is 13.0 Å². The molecule has 82 valence electrons. The molecule has 0 heterocycles. The molecular formula is C13H13NO2. The minimum absolute atomic E-state index is 0.141. The van der Waals surface area contributed by atoms with Crippen molar-refractivity contribution in [2.45, 2.75) is 6.92 Å². The zero-order valence-electron chi connectivity index (χ0n) is 9.31. The maximum atomic E-state index is 11.3. The van der Waals surface area contributed by atoms with Gasteiger partial charge in [0.1, 0.15) is 0 Å². The first-order valence-corrected chi connectivity index (χ1v) is 5.06. The Morgan fingerprint density at radius 3 is 2.44 bits per heavy atom. The predicted octanol–water partition coefficient (Wildman–Crippen LogP) is 2.75. The second kappa shape index (κ2) is 4.33. The number of hydrogen-bond acceptors (Lipinski definition) is 2. The van der Waals surface area contributed by atoms with Crippen LogP contribution >= 0.6 is 0 Å². The summed E-state index contributed by atoms with van der Waals surface area (Å²) in [5, 5.41) is 3.50. The summed E-state index contributed by atoms with van der Waals surface area (Å²) in [6.45, 7) is 1.47. The Kier molecular flexibility index (Phi) is 2.88. The van der Waals surface area contributed by atoms with Crippen LogP contribution in [0.15, 0.2) is 42.5 Å². The number of rotatable bonds is 2. The molecular weight excluding hydrogens is 202 g/mol. The maximum absolute atomic E-state index is 11.3. The van der Waals surface area contributed by atoms with Crippen molar-refractivity contribution in [3.05, 3.63) is 42.5 Å². The van der Waals surface area contributed by atoms with E-state index < -0.39 is 0 Å². The lowest BCUT2D eigenvalue weighted by molar-refractivity contribution is -0.122. The van der Waals surface area contributed by atoms with Gasteiger partial charge in [0.25, 0.3) is 0 Å². The number of hydroxylamine groups is 1. The third-order valence-electron chi connectivity index (χ3n) is 2.44. The minimum Gasteiger partial charge on any atom is -0.273 e. The van der Waals surface area contributed by atoms with Gasteiger partial charge in [-0.1, -0.05) is 30.3 Å². The van der Waals surface area contributed by atoms with Crippen LogP contribution in [0.2, 0.25) is 0 Å². The van der Waals surface area contributed by atoms with E-state index in [0.29, 0.717) is 0 Å². The van der Waals surface area contributed by atoms with E-state index in [1.807, 2.05) is 42.5 Å². The molecule has 3 nitrogen and oxygen atoms in total. The molecule has 0 aromatic heterocycles. The third-order valence-corrected chi connectivity index (χ3v) is 2.44. The molecule has 2 aromatic carbocycles. The molecule has 2 aromatic rings. The molecule has 0 aliphatic carbocycles. The van der Waals surface area contributed by atoms with E-state index in [1.165, 1.54) is 19.1 Å². The molecule has 0 N–H and O–H groups in total. The molecule has 3 heteroatoms. The van der Waals surface area contributed by atoms with E-state index in [4.69, 9.17) is 4.84 Å². The van der Waals surface area contributed by atoms with E-state index in [1.54, 1.807) is 0 Å². The normalized spacial score (nSPS) is 10.4. The topological polar surface area (TPSA) is 29.5 Å². The summed E-state index contributed by atoms with van der Waals surface area (Å²) >= 11 is 0. The zero-order valence-corrected chi connectivity index (χ0v) is 9.31. The van der Waals surface area contributed by atoms with Crippen LogP contribution in [-0.2, 0) is 9.63 Å². The van der Waals surface area contributed by atoms with Crippen LogP contribution in [0.25, 0.3) is 10.8 Å². The molecule has 0 saturated carbocycles. The number of anilines is 1. The second-order valence-electron chi connectivity index (χ2n) is 3.53. The lowest BCUT2D eigenvalue weighted by Crippen LogP contribution is -2.26. The Labute approximate surface area is 94.2 Å². The van der Waals surface area contributed by atoms with Crippen LogP contribution < -0.4 is 5.06 Å². The third kappa shape index (κ3) is 1.90. The summed E-state index contributed by atoms with van der Waals surface area (Å²) in [5.74, 6) is -0.141. The minimum atomic E-state index is -0.141. The number of benzene rings is 2. The molecule has 1 amide bonds. The fourth-order valence-electron chi connectivity index (χ4n) is 1.72. The summed E-state index contributed by atoms with van der Waals surface area (Å²) in [6.07, 6.45) is 0. The van der Waals surface area contributed by atoms with Gasteiger partial charge in [-0.2, -0.15) is 5.06 Å². The molecule has 0 atom stereocenters. The second-order valence-corrected chi connectivity index (χ2v) is 3.53. The van der Waals surface area contributed by atoms with Crippen molar-refractivity contribution in [3.8, 4) is 0 Å². The average molecular weight is 215 g/mol. The van der Waals surface area contributed by atoms with Gasteiger partial charge in [-0.25, -0.2) is 0 Å². The monoisotopic (exact) mass is 215 g/mol. The number of carbonyl (C=O) groups is 1. The van der Waals surface area contributed by atoms with Gasteiger partial charge in [-0.15, -0.1) is 0 Å². The molecule has 0 aliphatic heterocycles. The van der Waals surface area contributed by atoms with Crippen LogP contribution in [0.4, 0.5) is 5.69 Å². The van der Waals surface area contributed by atoms with E-state index in [0.717, 1.165) is 16.5 Å². The van der Waals surface area contributed by atoms with Crippen molar-refractivity contribution in [2.75, 3.05) is 12.2 Å². The molecule has 16 heavy (non-hydrogen) atoms. The molecule has 0 spiro atoms. The standard InChI is InChI=1S/C13H13NO2/c1-10(15)14(16-2)13-8-7-11-5-3-4-6-12(11)9-13/h3-9H,1-2H3. The van der Waals surface area contributed by atoms with Crippen molar-refractivity contribution >= 4 is 22.4 Å². The highest BCUT2D eigenvalue weighted by Gasteiger charge is 2.10. The van der Waals surface area contributed by atoms with E-state index in [-0.39, 0.29) is 5.91 Å². The number of fused-ring (bicyclic) bond motifs is 1. The van der Waals surface area contributed by atoms with Crippen molar-refractivity contribution < 1.29 is 9.63 Å². The molecule has 0 saturated heterocycles. The van der Waals surface area contributed by atoms with E-state index >= 15 is 0 Å². The number of amides is 1. The zero-order chi connectivity index (χ0) is 11.5. The molecule has 0 aliphatic rings. The van der Waals surface area contributed by atoms with Gasteiger partial charge in [0.05, 0.1) is 12.8 Å². The highest BCUT2D eigenvalue weighted by molar-refractivity contribution is 5.93. The van der Waals surface area contributed by atoms with Crippen LogP contribution in [0, 0.1) is 0 Å². The lowest BCUT2D eigenvalue weighted by atomic mass is 10.1. The van der Waals surface area contributed by atoms with Gasteiger partial charge in [0.2, 0.25) is 5.91 Å². The average Bonchev–Trinajstić information content (AvgIpc) is 2.29. The maximum Gasteiger partial charge on any atom is 0.247 e. The quantitative estimate of drug-likeness (QED) is 0.721.